The van der Waals surface area contributed by atoms with Gasteiger partial charge in [-0.1, -0.05) is 64.7 Å². The minimum Gasteiger partial charge on any atom is -0.507 e. The van der Waals surface area contributed by atoms with Crippen LogP contribution in [-0.4, -0.2) is 25.0 Å². The summed E-state index contributed by atoms with van der Waals surface area (Å²) in [6.07, 6.45) is 15.1. The monoisotopic (exact) mass is 319 g/mol. The topological polar surface area (TPSA) is 41.8 Å². The van der Waals surface area contributed by atoms with Crippen LogP contribution in [0.4, 0.5) is 0 Å². The maximum Gasteiger partial charge on any atom is 0.124 e. The highest BCUT2D eigenvalue weighted by Gasteiger charge is 2.00. The van der Waals surface area contributed by atoms with Crippen molar-refractivity contribution in [3.8, 4) is 11.5 Å². The number of phenols is 1. The number of benzene rings is 1. The van der Waals surface area contributed by atoms with E-state index < -0.39 is 0 Å². The van der Waals surface area contributed by atoms with Crippen LogP contribution in [0.2, 0.25) is 0 Å². The first kappa shape index (κ1) is 19.5. The fourth-order valence-corrected chi connectivity index (χ4v) is 2.62. The summed E-state index contributed by atoms with van der Waals surface area (Å²) in [7, 11) is 1.62. The van der Waals surface area contributed by atoms with Gasteiger partial charge < -0.3 is 9.84 Å². The molecule has 0 aliphatic heterocycles. The van der Waals surface area contributed by atoms with Crippen molar-refractivity contribution in [2.75, 3.05) is 13.7 Å². The number of hydrogen-bond acceptors (Lipinski definition) is 3. The molecular weight excluding hydrogens is 286 g/mol. The number of rotatable bonds is 13. The molecule has 3 heteroatoms. The third-order valence-corrected chi connectivity index (χ3v) is 4.11. The van der Waals surface area contributed by atoms with Gasteiger partial charge in [0.15, 0.2) is 0 Å². The van der Waals surface area contributed by atoms with E-state index in [-0.39, 0.29) is 5.75 Å². The molecule has 0 atom stereocenters. The van der Waals surface area contributed by atoms with Crippen molar-refractivity contribution in [3.05, 3.63) is 23.8 Å². The molecule has 3 nitrogen and oxygen atoms in total. The molecule has 1 aromatic carbocycles. The number of nitrogens with zero attached hydrogens (tertiary/aromatic N) is 1. The lowest BCUT2D eigenvalue weighted by Gasteiger charge is -2.03. The molecule has 0 heterocycles. The van der Waals surface area contributed by atoms with Gasteiger partial charge in [-0.25, -0.2) is 0 Å². The SMILES string of the molecule is CCCCCCCCCCCCN=Cc1cc(OC)ccc1O. The van der Waals surface area contributed by atoms with Gasteiger partial charge in [0.05, 0.1) is 7.11 Å². The zero-order valence-electron chi connectivity index (χ0n) is 14.9. The van der Waals surface area contributed by atoms with Crippen LogP contribution in [0.5, 0.6) is 11.5 Å². The third-order valence-electron chi connectivity index (χ3n) is 4.11. The number of phenolic OH excluding ortho intramolecular Hbond substituents is 1. The quantitative estimate of drug-likeness (QED) is 0.372. The van der Waals surface area contributed by atoms with E-state index in [4.69, 9.17) is 4.74 Å². The van der Waals surface area contributed by atoms with Crippen molar-refractivity contribution in [1.82, 2.24) is 0 Å². The number of ether oxygens (including phenoxy) is 1. The van der Waals surface area contributed by atoms with Crippen molar-refractivity contribution >= 4 is 6.21 Å². The summed E-state index contributed by atoms with van der Waals surface area (Å²) in [5.41, 5.74) is 0.719. The van der Waals surface area contributed by atoms with Gasteiger partial charge in [-0.15, -0.1) is 0 Å². The Morgan fingerprint density at radius 3 is 2.17 bits per heavy atom. The Balaban J connectivity index is 2.04. The summed E-state index contributed by atoms with van der Waals surface area (Å²) in [5, 5.41) is 9.76. The maximum atomic E-state index is 9.76. The summed E-state index contributed by atoms with van der Waals surface area (Å²) in [6, 6.07) is 5.19. The molecule has 0 aromatic heterocycles. The molecule has 130 valence electrons. The molecule has 23 heavy (non-hydrogen) atoms. The zero-order valence-corrected chi connectivity index (χ0v) is 14.9. The van der Waals surface area contributed by atoms with Crippen LogP contribution in [0, 0.1) is 0 Å². The normalized spacial score (nSPS) is 11.2. The van der Waals surface area contributed by atoms with Gasteiger partial charge in [-0.2, -0.15) is 0 Å². The summed E-state index contributed by atoms with van der Waals surface area (Å²) < 4.78 is 5.15. The van der Waals surface area contributed by atoms with Gasteiger partial charge in [0.25, 0.3) is 0 Å². The fourth-order valence-electron chi connectivity index (χ4n) is 2.62. The summed E-state index contributed by atoms with van der Waals surface area (Å²) in [6.45, 7) is 3.09. The summed E-state index contributed by atoms with van der Waals surface area (Å²) >= 11 is 0. The maximum absolute atomic E-state index is 9.76. The van der Waals surface area contributed by atoms with Crippen molar-refractivity contribution in [2.24, 2.45) is 4.99 Å². The molecule has 0 bridgehead atoms. The van der Waals surface area contributed by atoms with E-state index in [0.717, 1.165) is 24.3 Å². The molecule has 0 amide bonds. The molecule has 0 fully saturated rings. The minimum atomic E-state index is 0.248. The van der Waals surface area contributed by atoms with Crippen LogP contribution in [0.15, 0.2) is 23.2 Å². The van der Waals surface area contributed by atoms with Gasteiger partial charge in [-0.05, 0) is 24.6 Å². The van der Waals surface area contributed by atoms with Crippen LogP contribution in [-0.2, 0) is 0 Å². The van der Waals surface area contributed by atoms with E-state index >= 15 is 0 Å². The standard InChI is InChI=1S/C20H33NO2/c1-3-4-5-6-7-8-9-10-11-12-15-21-17-18-16-19(23-2)13-14-20(18)22/h13-14,16-17,22H,3-12,15H2,1-2H3. The number of unbranched alkanes of at least 4 members (excludes halogenated alkanes) is 9. The van der Waals surface area contributed by atoms with Crippen LogP contribution in [0.1, 0.15) is 76.7 Å². The molecule has 0 spiro atoms. The van der Waals surface area contributed by atoms with Gasteiger partial charge in [-0.3, -0.25) is 4.99 Å². The summed E-state index contributed by atoms with van der Waals surface area (Å²) in [4.78, 5) is 4.40. The molecule has 0 radical (unpaired) electrons. The Labute approximate surface area is 141 Å². The van der Waals surface area contributed by atoms with Crippen molar-refractivity contribution in [1.29, 1.82) is 0 Å². The second-order valence-electron chi connectivity index (χ2n) is 6.14. The Hall–Kier alpha value is -1.51. The smallest absolute Gasteiger partial charge is 0.124 e. The van der Waals surface area contributed by atoms with Gasteiger partial charge >= 0.3 is 0 Å². The van der Waals surface area contributed by atoms with Crippen LogP contribution in [0.25, 0.3) is 0 Å². The predicted octanol–water partition coefficient (Wildman–Crippen LogP) is 5.74. The van der Waals surface area contributed by atoms with Crippen molar-refractivity contribution < 1.29 is 9.84 Å². The number of hydrogen-bond donors (Lipinski definition) is 1. The second-order valence-corrected chi connectivity index (χ2v) is 6.14. The first-order valence-electron chi connectivity index (χ1n) is 9.14. The molecule has 0 unspecified atom stereocenters. The van der Waals surface area contributed by atoms with E-state index in [1.165, 1.54) is 57.8 Å². The number of aromatic hydroxyl groups is 1. The van der Waals surface area contributed by atoms with Gasteiger partial charge in [0.1, 0.15) is 11.5 Å². The van der Waals surface area contributed by atoms with Crippen molar-refractivity contribution in [2.45, 2.75) is 71.1 Å². The molecule has 1 aromatic rings. The van der Waals surface area contributed by atoms with E-state index in [1.54, 1.807) is 31.5 Å². The minimum absolute atomic E-state index is 0.248. The Bertz CT molecular complexity index is 443. The molecule has 0 aliphatic rings. The van der Waals surface area contributed by atoms with Crippen molar-refractivity contribution in [3.63, 3.8) is 0 Å². The van der Waals surface area contributed by atoms with Gasteiger partial charge in [0, 0.05) is 18.3 Å². The van der Waals surface area contributed by atoms with E-state index in [1.807, 2.05) is 0 Å². The molecule has 1 N–H and O–H groups in total. The molecule has 0 saturated heterocycles. The van der Waals surface area contributed by atoms with Crippen LogP contribution < -0.4 is 4.74 Å². The average Bonchev–Trinajstić information content (AvgIpc) is 2.57. The van der Waals surface area contributed by atoms with Gasteiger partial charge in [0.2, 0.25) is 0 Å². The Morgan fingerprint density at radius 2 is 1.57 bits per heavy atom. The van der Waals surface area contributed by atoms with Crippen LogP contribution in [0.3, 0.4) is 0 Å². The van der Waals surface area contributed by atoms with E-state index in [9.17, 15) is 5.11 Å². The first-order chi connectivity index (χ1) is 11.3. The van der Waals surface area contributed by atoms with Crippen LogP contribution >= 0.6 is 0 Å². The first-order valence-corrected chi connectivity index (χ1v) is 9.14. The second kappa shape index (κ2) is 13.0. The summed E-state index contributed by atoms with van der Waals surface area (Å²) in [5.74, 6) is 0.987. The lowest BCUT2D eigenvalue weighted by atomic mass is 10.1. The predicted molar refractivity (Wildman–Crippen MR) is 99.0 cm³/mol. The number of methoxy groups -OCH3 is 1. The Morgan fingerprint density at radius 1 is 0.957 bits per heavy atom. The lowest BCUT2D eigenvalue weighted by molar-refractivity contribution is 0.412. The fraction of sp³-hybridized carbons (Fsp3) is 0.650. The third kappa shape index (κ3) is 9.27. The molecule has 0 aliphatic carbocycles. The highest BCUT2D eigenvalue weighted by molar-refractivity contribution is 5.84. The van der Waals surface area contributed by atoms with E-state index in [2.05, 4.69) is 11.9 Å². The zero-order chi connectivity index (χ0) is 16.8. The lowest BCUT2D eigenvalue weighted by Crippen LogP contribution is -1.89. The highest BCUT2D eigenvalue weighted by atomic mass is 16.5. The van der Waals surface area contributed by atoms with E-state index in [0.29, 0.717) is 0 Å². The largest absolute Gasteiger partial charge is 0.507 e. The molecular formula is C20H33NO2. The highest BCUT2D eigenvalue weighted by Crippen LogP contribution is 2.21. The molecule has 0 saturated carbocycles. The Kier molecular flexibility index (Phi) is 11.0. The average molecular weight is 319 g/mol. The molecule has 1 rings (SSSR count). The number of aliphatic imine (C=N–C) groups is 1.